The predicted octanol–water partition coefficient (Wildman–Crippen LogP) is 8.15. The third-order valence-electron chi connectivity index (χ3n) is 6.63. The van der Waals surface area contributed by atoms with Crippen LogP contribution < -0.4 is 9.64 Å². The second kappa shape index (κ2) is 12.5. The van der Waals surface area contributed by atoms with Crippen molar-refractivity contribution < 1.29 is 23.8 Å². The predicted molar refractivity (Wildman–Crippen MR) is 168 cm³/mol. The van der Waals surface area contributed by atoms with Gasteiger partial charge in [0.2, 0.25) is 5.13 Å². The number of aromatic nitrogens is 2. The summed E-state index contributed by atoms with van der Waals surface area (Å²) in [5, 5.41) is 20.0. The number of benzene rings is 4. The first-order valence-electron chi connectivity index (χ1n) is 13.0. The van der Waals surface area contributed by atoms with Crippen molar-refractivity contribution >= 4 is 61.6 Å². The quantitative estimate of drug-likeness (QED) is 0.0584. The minimum Gasteiger partial charge on any atom is -0.507 e. The molecule has 1 amide bonds. The van der Waals surface area contributed by atoms with Crippen LogP contribution in [0.5, 0.6) is 11.5 Å². The van der Waals surface area contributed by atoms with Gasteiger partial charge in [-0.3, -0.25) is 14.5 Å². The molecular weight excluding hydrogens is 653 g/mol. The Hall–Kier alpha value is -4.32. The average Bonchev–Trinajstić information content (AvgIpc) is 3.59. The molecule has 5 aromatic rings. The monoisotopic (exact) mass is 673 g/mol. The van der Waals surface area contributed by atoms with Crippen molar-refractivity contribution in [1.29, 1.82) is 0 Å². The van der Waals surface area contributed by atoms with Crippen molar-refractivity contribution in [3.05, 3.63) is 136 Å². The molecule has 0 bridgehead atoms. The van der Waals surface area contributed by atoms with Gasteiger partial charge in [-0.2, -0.15) is 0 Å². The number of aliphatic hydroxyl groups excluding tert-OH is 1. The SMILES string of the molecule is O=C1C(=O)N(c2nnc(SCc3ccccc3F)s2)C(c2cccc(Oc3ccccc3)c2)/C1=C(/O)c1ccc(Br)cc1. The molecule has 0 saturated carbocycles. The van der Waals surface area contributed by atoms with Crippen LogP contribution in [0.2, 0.25) is 0 Å². The minimum absolute atomic E-state index is 0.0834. The van der Waals surface area contributed by atoms with E-state index in [1.54, 1.807) is 66.7 Å². The van der Waals surface area contributed by atoms with Gasteiger partial charge in [-0.15, -0.1) is 10.2 Å². The molecule has 1 unspecified atom stereocenters. The maximum Gasteiger partial charge on any atom is 0.301 e. The molecule has 4 aromatic carbocycles. The Bertz CT molecular complexity index is 1850. The second-order valence-electron chi connectivity index (χ2n) is 9.39. The zero-order valence-electron chi connectivity index (χ0n) is 22.2. The Labute approximate surface area is 262 Å². The first-order valence-corrected chi connectivity index (χ1v) is 15.6. The fourth-order valence-corrected chi connectivity index (χ4v) is 6.71. The van der Waals surface area contributed by atoms with E-state index in [-0.39, 0.29) is 22.3 Å². The van der Waals surface area contributed by atoms with Gasteiger partial charge >= 0.3 is 5.91 Å². The first-order chi connectivity index (χ1) is 20.9. The minimum atomic E-state index is -1.01. The van der Waals surface area contributed by atoms with Gasteiger partial charge in [0.1, 0.15) is 23.1 Å². The number of aliphatic hydroxyl groups is 1. The van der Waals surface area contributed by atoms with Gasteiger partial charge in [0, 0.05) is 15.8 Å². The van der Waals surface area contributed by atoms with E-state index in [4.69, 9.17) is 4.74 Å². The summed E-state index contributed by atoms with van der Waals surface area (Å²) < 4.78 is 21.5. The molecule has 43 heavy (non-hydrogen) atoms. The van der Waals surface area contributed by atoms with Gasteiger partial charge in [0.25, 0.3) is 5.78 Å². The van der Waals surface area contributed by atoms with Crippen LogP contribution in [0.4, 0.5) is 9.52 Å². The number of ketones is 1. The summed E-state index contributed by atoms with van der Waals surface area (Å²) >= 11 is 5.76. The molecule has 1 atom stereocenters. The second-order valence-corrected chi connectivity index (χ2v) is 12.5. The van der Waals surface area contributed by atoms with E-state index < -0.39 is 17.7 Å². The molecule has 1 aliphatic rings. The molecule has 0 spiro atoms. The number of hydrogen-bond acceptors (Lipinski definition) is 8. The molecule has 1 fully saturated rings. The standard InChI is InChI=1S/C32H21BrFN3O4S2/c33-22-15-13-19(14-16-22)28(38)26-27(20-8-6-11-24(17-20)41-23-9-2-1-3-10-23)37(30(40)29(26)39)31-35-36-32(43-31)42-18-21-7-4-5-12-25(21)34/h1-17,27,38H,18H2/b28-26-. The van der Waals surface area contributed by atoms with Crippen molar-refractivity contribution in [1.82, 2.24) is 10.2 Å². The Morgan fingerprint density at radius 2 is 1.65 bits per heavy atom. The Morgan fingerprint density at radius 3 is 2.42 bits per heavy atom. The highest BCUT2D eigenvalue weighted by Gasteiger charge is 2.48. The molecular formula is C32H21BrFN3O4S2. The molecule has 0 aliphatic carbocycles. The van der Waals surface area contributed by atoms with Crippen LogP contribution in [0, 0.1) is 5.82 Å². The lowest BCUT2D eigenvalue weighted by Gasteiger charge is -2.23. The number of amides is 1. The number of para-hydroxylation sites is 1. The van der Waals surface area contributed by atoms with E-state index in [1.807, 2.05) is 30.3 Å². The van der Waals surface area contributed by atoms with E-state index in [0.29, 0.717) is 38.3 Å². The molecule has 2 heterocycles. The van der Waals surface area contributed by atoms with Gasteiger partial charge in [-0.1, -0.05) is 99.7 Å². The van der Waals surface area contributed by atoms with Crippen LogP contribution in [0.3, 0.4) is 0 Å². The summed E-state index contributed by atoms with van der Waals surface area (Å²) in [6.07, 6.45) is 0. The third kappa shape index (κ3) is 6.10. The number of carbonyl (C=O) groups excluding carboxylic acids is 2. The highest BCUT2D eigenvalue weighted by atomic mass is 79.9. The molecule has 7 nitrogen and oxygen atoms in total. The van der Waals surface area contributed by atoms with E-state index in [2.05, 4.69) is 26.1 Å². The summed E-state index contributed by atoms with van der Waals surface area (Å²) in [6.45, 7) is 0. The molecule has 11 heteroatoms. The molecule has 1 N–H and O–H groups in total. The van der Waals surface area contributed by atoms with Gasteiger partial charge in [-0.25, -0.2) is 4.39 Å². The molecule has 6 rings (SSSR count). The number of thioether (sulfide) groups is 1. The fourth-order valence-electron chi connectivity index (χ4n) is 4.59. The van der Waals surface area contributed by atoms with Crippen molar-refractivity contribution in [2.45, 2.75) is 16.1 Å². The smallest absolute Gasteiger partial charge is 0.301 e. The van der Waals surface area contributed by atoms with Crippen molar-refractivity contribution in [3.8, 4) is 11.5 Å². The number of anilines is 1. The maximum absolute atomic E-state index is 14.1. The normalized spacial score (nSPS) is 16.0. The van der Waals surface area contributed by atoms with Gasteiger partial charge in [0.05, 0.1) is 11.6 Å². The Morgan fingerprint density at radius 1 is 0.930 bits per heavy atom. The van der Waals surface area contributed by atoms with Gasteiger partial charge in [-0.05, 0) is 53.6 Å². The van der Waals surface area contributed by atoms with Crippen molar-refractivity contribution in [2.75, 3.05) is 4.90 Å². The molecule has 0 radical (unpaired) electrons. The lowest BCUT2D eigenvalue weighted by atomic mass is 9.95. The summed E-state index contributed by atoms with van der Waals surface area (Å²) in [4.78, 5) is 28.4. The number of carbonyl (C=O) groups is 2. The van der Waals surface area contributed by atoms with Crippen LogP contribution in [0.1, 0.15) is 22.7 Å². The summed E-state index contributed by atoms with van der Waals surface area (Å²) in [5.74, 6) is -0.926. The lowest BCUT2D eigenvalue weighted by Crippen LogP contribution is -2.29. The van der Waals surface area contributed by atoms with Gasteiger partial charge < -0.3 is 9.84 Å². The number of hydrogen-bond donors (Lipinski definition) is 1. The highest BCUT2D eigenvalue weighted by Crippen LogP contribution is 2.45. The topological polar surface area (TPSA) is 92.6 Å². The Balaban J connectivity index is 1.40. The number of ether oxygens (including phenoxy) is 1. The van der Waals surface area contributed by atoms with Crippen LogP contribution >= 0.6 is 39.0 Å². The lowest BCUT2D eigenvalue weighted by molar-refractivity contribution is -0.132. The van der Waals surface area contributed by atoms with E-state index in [9.17, 15) is 19.1 Å². The third-order valence-corrected chi connectivity index (χ3v) is 9.26. The Kier molecular flexibility index (Phi) is 8.37. The molecule has 1 aromatic heterocycles. The van der Waals surface area contributed by atoms with E-state index >= 15 is 0 Å². The van der Waals surface area contributed by atoms with E-state index in [1.165, 1.54) is 22.7 Å². The van der Waals surface area contributed by atoms with Crippen molar-refractivity contribution in [3.63, 3.8) is 0 Å². The van der Waals surface area contributed by atoms with Crippen LogP contribution in [0.15, 0.2) is 118 Å². The first kappa shape index (κ1) is 28.8. The number of nitrogens with zero attached hydrogens (tertiary/aromatic N) is 3. The molecule has 1 saturated heterocycles. The highest BCUT2D eigenvalue weighted by molar-refractivity contribution is 9.10. The number of Topliss-reactive ketones (excluding diaryl/α,β-unsaturated/α-hetero) is 1. The summed E-state index contributed by atoms with van der Waals surface area (Å²) in [6, 6.07) is 28.4. The number of rotatable bonds is 8. The van der Waals surface area contributed by atoms with Crippen LogP contribution in [-0.2, 0) is 15.3 Å². The largest absolute Gasteiger partial charge is 0.507 e. The maximum atomic E-state index is 14.1. The van der Waals surface area contributed by atoms with Crippen molar-refractivity contribution in [2.24, 2.45) is 0 Å². The van der Waals surface area contributed by atoms with Crippen LogP contribution in [0.25, 0.3) is 5.76 Å². The fraction of sp³-hybridized carbons (Fsp3) is 0.0625. The molecule has 214 valence electrons. The zero-order valence-corrected chi connectivity index (χ0v) is 25.4. The summed E-state index contributed by atoms with van der Waals surface area (Å²) in [5.41, 5.74) is 1.33. The van der Waals surface area contributed by atoms with Crippen LogP contribution in [-0.4, -0.2) is 27.0 Å². The average molecular weight is 675 g/mol. The summed E-state index contributed by atoms with van der Waals surface area (Å²) in [7, 11) is 0. The number of halogens is 2. The molecule has 1 aliphatic heterocycles. The van der Waals surface area contributed by atoms with Gasteiger partial charge in [0.15, 0.2) is 4.34 Å². The zero-order chi connectivity index (χ0) is 29.9. The van der Waals surface area contributed by atoms with E-state index in [0.717, 1.165) is 15.8 Å².